The van der Waals surface area contributed by atoms with Gasteiger partial charge >= 0.3 is 6.01 Å². The molecule has 0 bridgehead atoms. The molecule has 0 amide bonds. The van der Waals surface area contributed by atoms with E-state index in [9.17, 15) is 0 Å². The second-order valence-corrected chi connectivity index (χ2v) is 12.3. The summed E-state index contributed by atoms with van der Waals surface area (Å²) < 4.78 is 6.51. The van der Waals surface area contributed by atoms with Crippen LogP contribution < -0.4 is 9.64 Å². The van der Waals surface area contributed by atoms with Crippen molar-refractivity contribution in [3.63, 3.8) is 0 Å². The zero-order valence-corrected chi connectivity index (χ0v) is 23.1. The lowest BCUT2D eigenvalue weighted by Crippen LogP contribution is -2.30. The first-order valence-corrected chi connectivity index (χ1v) is 12.9. The summed E-state index contributed by atoms with van der Waals surface area (Å²) in [6, 6.07) is 25.6. The lowest BCUT2D eigenvalue weighted by molar-refractivity contribution is 0.406. The van der Waals surface area contributed by atoms with Crippen LogP contribution >= 0.6 is 0 Å². The van der Waals surface area contributed by atoms with Crippen LogP contribution in [-0.4, -0.2) is 15.0 Å². The van der Waals surface area contributed by atoms with Crippen molar-refractivity contribution in [3.8, 4) is 11.8 Å². The number of aromatic nitrogens is 3. The Morgan fingerprint density at radius 1 is 0.595 bits per heavy atom. The number of fused-ring (bicyclic) bond motifs is 2. The second kappa shape index (κ2) is 8.69. The summed E-state index contributed by atoms with van der Waals surface area (Å²) in [7, 11) is 0. The van der Waals surface area contributed by atoms with Gasteiger partial charge in [0, 0.05) is 16.2 Å². The average molecular weight is 493 g/mol. The molecule has 37 heavy (non-hydrogen) atoms. The van der Waals surface area contributed by atoms with Crippen LogP contribution in [0.1, 0.15) is 78.2 Å². The van der Waals surface area contributed by atoms with E-state index in [-0.39, 0.29) is 16.2 Å². The summed E-state index contributed by atoms with van der Waals surface area (Å²) >= 11 is 0. The second-order valence-electron chi connectivity index (χ2n) is 12.3. The molecule has 1 aliphatic heterocycles. The van der Waals surface area contributed by atoms with Crippen molar-refractivity contribution in [2.24, 2.45) is 0 Å². The smallest absolute Gasteiger partial charge is 0.325 e. The molecule has 0 N–H and O–H groups in total. The van der Waals surface area contributed by atoms with E-state index in [0.717, 1.165) is 28.7 Å². The monoisotopic (exact) mass is 492 g/mol. The van der Waals surface area contributed by atoms with Crippen LogP contribution in [0.15, 0.2) is 72.8 Å². The first-order valence-electron chi connectivity index (χ1n) is 12.9. The molecule has 0 saturated carbocycles. The van der Waals surface area contributed by atoms with Gasteiger partial charge in [0.2, 0.25) is 0 Å². The molecule has 0 aliphatic carbocycles. The maximum absolute atomic E-state index is 6.51. The zero-order chi connectivity index (χ0) is 26.6. The molecular weight excluding hydrogens is 456 g/mol. The topological polar surface area (TPSA) is 51.1 Å². The minimum Gasteiger partial charge on any atom is -0.422 e. The summed E-state index contributed by atoms with van der Waals surface area (Å²) in [5.41, 5.74) is 5.16. The number of hydrogen-bond donors (Lipinski definition) is 0. The quantitative estimate of drug-likeness (QED) is 0.287. The molecule has 0 atom stereocenters. The fourth-order valence-corrected chi connectivity index (χ4v) is 4.83. The van der Waals surface area contributed by atoms with Gasteiger partial charge in [-0.3, -0.25) is 0 Å². The van der Waals surface area contributed by atoms with Gasteiger partial charge in [-0.25, -0.2) is 4.98 Å². The van der Waals surface area contributed by atoms with Gasteiger partial charge in [-0.05, 0) is 35.4 Å². The highest BCUT2D eigenvalue weighted by Crippen LogP contribution is 2.53. The first-order chi connectivity index (χ1) is 17.4. The number of nitrogens with zero attached hydrogens (tertiary/aromatic N) is 4. The number of para-hydroxylation sites is 4. The molecule has 0 fully saturated rings. The van der Waals surface area contributed by atoms with Crippen LogP contribution in [0.3, 0.4) is 0 Å². The zero-order valence-electron chi connectivity index (χ0n) is 23.1. The molecule has 2 heterocycles. The Bertz CT molecular complexity index is 1380. The molecule has 0 saturated heterocycles. The lowest BCUT2D eigenvalue weighted by Gasteiger charge is -2.42. The fourth-order valence-electron chi connectivity index (χ4n) is 4.83. The van der Waals surface area contributed by atoms with Crippen molar-refractivity contribution in [1.29, 1.82) is 0 Å². The highest BCUT2D eigenvalue weighted by molar-refractivity contribution is 5.87. The third-order valence-corrected chi connectivity index (χ3v) is 6.90. The maximum atomic E-state index is 6.51. The summed E-state index contributed by atoms with van der Waals surface area (Å²) in [4.78, 5) is 16.6. The Hall–Kier alpha value is -3.73. The van der Waals surface area contributed by atoms with Gasteiger partial charge in [0.15, 0.2) is 5.75 Å². The van der Waals surface area contributed by atoms with Crippen molar-refractivity contribution < 1.29 is 4.74 Å². The number of anilines is 3. The van der Waals surface area contributed by atoms with Crippen LogP contribution in [0, 0.1) is 0 Å². The molecule has 5 rings (SSSR count). The van der Waals surface area contributed by atoms with Gasteiger partial charge in [-0.1, -0.05) is 104 Å². The average Bonchev–Trinajstić information content (AvgIpc) is 2.84. The highest BCUT2D eigenvalue weighted by Gasteiger charge is 2.37. The Morgan fingerprint density at radius 2 is 1.03 bits per heavy atom. The van der Waals surface area contributed by atoms with Crippen molar-refractivity contribution in [3.05, 3.63) is 95.6 Å². The van der Waals surface area contributed by atoms with Crippen LogP contribution in [0.2, 0.25) is 0 Å². The van der Waals surface area contributed by atoms with E-state index < -0.39 is 0 Å². The molecule has 1 aromatic heterocycles. The van der Waals surface area contributed by atoms with Gasteiger partial charge in [0.25, 0.3) is 0 Å². The Kier molecular flexibility index (Phi) is 5.86. The Morgan fingerprint density at radius 3 is 1.51 bits per heavy atom. The Balaban J connectivity index is 1.67. The van der Waals surface area contributed by atoms with Gasteiger partial charge in [-0.15, -0.1) is 0 Å². The van der Waals surface area contributed by atoms with E-state index in [1.54, 1.807) is 0 Å². The highest BCUT2D eigenvalue weighted by atomic mass is 16.5. The molecular formula is C32H36N4O. The minimum atomic E-state index is -0.239. The van der Waals surface area contributed by atoms with Crippen LogP contribution in [-0.2, 0) is 16.2 Å². The van der Waals surface area contributed by atoms with E-state index in [4.69, 9.17) is 19.7 Å². The van der Waals surface area contributed by atoms with Crippen molar-refractivity contribution in [1.82, 2.24) is 15.0 Å². The lowest BCUT2D eigenvalue weighted by atomic mass is 9.73. The SMILES string of the molecule is CC(C)(C)c1nc(Oc2ccccc2N2c3ccccc3C(C)(C)c3ccccc32)nc(C(C)(C)C)n1. The molecule has 0 radical (unpaired) electrons. The summed E-state index contributed by atoms with van der Waals surface area (Å²) in [5, 5.41) is 0. The fraction of sp³-hybridized carbons (Fsp3) is 0.344. The number of benzene rings is 3. The molecule has 190 valence electrons. The van der Waals surface area contributed by atoms with Crippen molar-refractivity contribution in [2.75, 3.05) is 4.90 Å². The van der Waals surface area contributed by atoms with E-state index >= 15 is 0 Å². The first kappa shape index (κ1) is 24.9. The molecule has 5 nitrogen and oxygen atoms in total. The van der Waals surface area contributed by atoms with E-state index in [1.807, 2.05) is 18.2 Å². The minimum absolute atomic E-state index is 0.128. The molecule has 1 aliphatic rings. The van der Waals surface area contributed by atoms with Crippen LogP contribution in [0.5, 0.6) is 11.8 Å². The summed E-state index contributed by atoms with van der Waals surface area (Å²) in [6.45, 7) is 17.2. The molecule has 0 spiro atoms. The third kappa shape index (κ3) is 4.48. The van der Waals surface area contributed by atoms with Gasteiger partial charge < -0.3 is 9.64 Å². The van der Waals surface area contributed by atoms with Crippen LogP contribution in [0.25, 0.3) is 0 Å². The van der Waals surface area contributed by atoms with Crippen molar-refractivity contribution >= 4 is 17.1 Å². The molecule has 4 aromatic rings. The van der Waals surface area contributed by atoms with Gasteiger partial charge in [-0.2, -0.15) is 9.97 Å². The Labute approximate surface area is 220 Å². The van der Waals surface area contributed by atoms with E-state index in [2.05, 4.69) is 115 Å². The molecule has 3 aromatic carbocycles. The number of ether oxygens (including phenoxy) is 1. The summed E-state index contributed by atoms with van der Waals surface area (Å²) in [5.74, 6) is 2.13. The predicted molar refractivity (Wildman–Crippen MR) is 151 cm³/mol. The van der Waals surface area contributed by atoms with Gasteiger partial charge in [0.1, 0.15) is 11.6 Å². The molecule has 0 unspecified atom stereocenters. The van der Waals surface area contributed by atoms with E-state index in [0.29, 0.717) is 11.8 Å². The largest absolute Gasteiger partial charge is 0.422 e. The van der Waals surface area contributed by atoms with E-state index in [1.165, 1.54) is 11.1 Å². The van der Waals surface area contributed by atoms with Crippen LogP contribution in [0.4, 0.5) is 17.1 Å². The number of hydrogen-bond acceptors (Lipinski definition) is 5. The summed E-state index contributed by atoms with van der Waals surface area (Å²) in [6.07, 6.45) is 0. The normalized spacial score (nSPS) is 14.6. The molecule has 5 heteroatoms. The number of rotatable bonds is 3. The van der Waals surface area contributed by atoms with Crippen molar-refractivity contribution in [2.45, 2.75) is 71.6 Å². The maximum Gasteiger partial charge on any atom is 0.325 e. The standard InChI is InChI=1S/C32H36N4O/c1-30(2,3)27-33-28(31(4,5)6)35-29(34-27)37-26-20-14-13-19-25(26)36-23-17-11-9-15-21(23)32(7,8)22-16-10-12-18-24(22)36/h9-20H,1-8H3. The van der Waals surface area contributed by atoms with Gasteiger partial charge in [0.05, 0.1) is 17.1 Å². The third-order valence-electron chi connectivity index (χ3n) is 6.90. The predicted octanol–water partition coefficient (Wildman–Crippen LogP) is 8.37.